The third kappa shape index (κ3) is 3.25. The van der Waals surface area contributed by atoms with Crippen molar-refractivity contribution in [2.75, 3.05) is 17.9 Å². The van der Waals surface area contributed by atoms with E-state index in [0.29, 0.717) is 27.0 Å². The van der Waals surface area contributed by atoms with Crippen LogP contribution >= 0.6 is 27.5 Å². The largest absolute Gasteiger partial charge is 0.495 e. The van der Waals surface area contributed by atoms with E-state index in [-0.39, 0.29) is 0 Å². The summed E-state index contributed by atoms with van der Waals surface area (Å²) in [5, 5.41) is 3.61. The molecular formula is C11H11BrClN5O. The number of halogens is 2. The van der Waals surface area contributed by atoms with E-state index in [1.807, 2.05) is 6.07 Å². The molecule has 0 bridgehead atoms. The molecule has 2 aromatic rings. The van der Waals surface area contributed by atoms with Crippen molar-refractivity contribution in [1.82, 2.24) is 9.97 Å². The molecule has 0 radical (unpaired) electrons. The lowest BCUT2D eigenvalue weighted by molar-refractivity contribution is 0.415. The highest BCUT2D eigenvalue weighted by molar-refractivity contribution is 9.10. The minimum absolute atomic E-state index is 0.310. The second-order valence-corrected chi connectivity index (χ2v) is 4.77. The third-order valence-electron chi connectivity index (χ3n) is 2.29. The Morgan fingerprint density at radius 3 is 2.84 bits per heavy atom. The maximum Gasteiger partial charge on any atom is 0.239 e. The minimum atomic E-state index is 0.310. The molecule has 1 aromatic carbocycles. The Bertz CT molecular complexity index is 595. The fraction of sp³-hybridized carbons (Fsp3) is 0.0909. The maximum absolute atomic E-state index is 6.05. The summed E-state index contributed by atoms with van der Waals surface area (Å²) in [7, 11) is 1.56. The first-order chi connectivity index (χ1) is 9.13. The molecule has 0 saturated carbocycles. The van der Waals surface area contributed by atoms with Crippen LogP contribution in [-0.4, -0.2) is 17.1 Å². The molecule has 0 saturated heterocycles. The zero-order valence-electron chi connectivity index (χ0n) is 9.95. The van der Waals surface area contributed by atoms with Crippen molar-refractivity contribution in [1.29, 1.82) is 0 Å². The highest BCUT2D eigenvalue weighted by Gasteiger charge is 2.07. The highest BCUT2D eigenvalue weighted by Crippen LogP contribution is 2.30. The van der Waals surface area contributed by atoms with E-state index in [1.165, 1.54) is 0 Å². The van der Waals surface area contributed by atoms with Gasteiger partial charge in [-0.3, -0.25) is 5.43 Å². The molecule has 0 atom stereocenters. The molecule has 0 aliphatic carbocycles. The average molecular weight is 345 g/mol. The molecule has 100 valence electrons. The fourth-order valence-electron chi connectivity index (χ4n) is 1.41. The number of ether oxygens (including phenoxy) is 1. The van der Waals surface area contributed by atoms with E-state index in [0.717, 1.165) is 5.69 Å². The van der Waals surface area contributed by atoms with Crippen LogP contribution in [0.5, 0.6) is 5.75 Å². The number of nitrogens with two attached hydrogens (primary N) is 1. The summed E-state index contributed by atoms with van der Waals surface area (Å²) < 4.78 is 5.80. The van der Waals surface area contributed by atoms with Crippen LogP contribution in [-0.2, 0) is 0 Å². The molecule has 0 aliphatic rings. The van der Waals surface area contributed by atoms with Crippen molar-refractivity contribution in [3.8, 4) is 5.75 Å². The Hall–Kier alpha value is -1.57. The standard InChI is InChI=1S/C11H11BrClN5O/c1-19-9-3-2-6(4-8(9)13)16-10-7(12)5-15-11(17-10)18-14/h2-5H,14H2,1H3,(H2,15,16,17,18). The van der Waals surface area contributed by atoms with Gasteiger partial charge in [0, 0.05) is 11.9 Å². The Balaban J connectivity index is 2.28. The number of nitrogens with zero attached hydrogens (tertiary/aromatic N) is 2. The fourth-order valence-corrected chi connectivity index (χ4v) is 1.95. The number of hydrogen-bond donors (Lipinski definition) is 3. The number of nitrogens with one attached hydrogen (secondary N) is 2. The van der Waals surface area contributed by atoms with Gasteiger partial charge in [0.1, 0.15) is 11.6 Å². The van der Waals surface area contributed by atoms with E-state index >= 15 is 0 Å². The SMILES string of the molecule is COc1ccc(Nc2nc(NN)ncc2Br)cc1Cl. The molecule has 1 aromatic heterocycles. The summed E-state index contributed by atoms with van der Waals surface area (Å²) in [6.07, 6.45) is 1.59. The molecule has 2 rings (SSSR count). The van der Waals surface area contributed by atoms with E-state index in [1.54, 1.807) is 25.4 Å². The van der Waals surface area contributed by atoms with Gasteiger partial charge < -0.3 is 10.1 Å². The molecule has 19 heavy (non-hydrogen) atoms. The van der Waals surface area contributed by atoms with Crippen molar-refractivity contribution >= 4 is 45.0 Å². The molecule has 6 nitrogen and oxygen atoms in total. The van der Waals surface area contributed by atoms with Gasteiger partial charge in [-0.1, -0.05) is 11.6 Å². The second-order valence-electron chi connectivity index (χ2n) is 3.51. The lowest BCUT2D eigenvalue weighted by Gasteiger charge is -2.10. The zero-order chi connectivity index (χ0) is 13.8. The van der Waals surface area contributed by atoms with Gasteiger partial charge in [-0.05, 0) is 34.1 Å². The predicted octanol–water partition coefficient (Wildman–Crippen LogP) is 2.93. The molecule has 0 spiro atoms. The van der Waals surface area contributed by atoms with Gasteiger partial charge in [0.2, 0.25) is 5.95 Å². The van der Waals surface area contributed by atoms with E-state index in [9.17, 15) is 0 Å². The first-order valence-electron chi connectivity index (χ1n) is 5.23. The highest BCUT2D eigenvalue weighted by atomic mass is 79.9. The minimum Gasteiger partial charge on any atom is -0.495 e. The summed E-state index contributed by atoms with van der Waals surface area (Å²) in [5.41, 5.74) is 3.15. The number of nitrogen functional groups attached to an aromatic ring is 1. The number of methoxy groups -OCH3 is 1. The molecule has 8 heteroatoms. The predicted molar refractivity (Wildman–Crippen MR) is 78.8 cm³/mol. The Morgan fingerprint density at radius 2 is 2.21 bits per heavy atom. The summed E-state index contributed by atoms with van der Waals surface area (Å²) >= 11 is 9.40. The lowest BCUT2D eigenvalue weighted by atomic mass is 10.3. The number of hydrogen-bond acceptors (Lipinski definition) is 6. The van der Waals surface area contributed by atoms with Gasteiger partial charge in [0.15, 0.2) is 0 Å². The Morgan fingerprint density at radius 1 is 1.42 bits per heavy atom. The Kier molecular flexibility index (Phi) is 4.41. The first-order valence-corrected chi connectivity index (χ1v) is 6.41. The van der Waals surface area contributed by atoms with Gasteiger partial charge in [0.25, 0.3) is 0 Å². The normalized spacial score (nSPS) is 10.1. The number of rotatable bonds is 4. The van der Waals surface area contributed by atoms with Gasteiger partial charge in [-0.15, -0.1) is 0 Å². The van der Waals surface area contributed by atoms with Crippen LogP contribution in [0.25, 0.3) is 0 Å². The lowest BCUT2D eigenvalue weighted by Crippen LogP contribution is -2.11. The molecule has 0 amide bonds. The van der Waals surface area contributed by atoms with Crippen LogP contribution < -0.4 is 21.3 Å². The molecule has 1 heterocycles. The maximum atomic E-state index is 6.05. The number of hydrazine groups is 1. The molecule has 0 fully saturated rings. The zero-order valence-corrected chi connectivity index (χ0v) is 12.3. The summed E-state index contributed by atoms with van der Waals surface area (Å²) in [6.45, 7) is 0. The van der Waals surface area contributed by atoms with Crippen LogP contribution in [0.4, 0.5) is 17.5 Å². The van der Waals surface area contributed by atoms with Crippen molar-refractivity contribution in [3.05, 3.63) is 33.9 Å². The van der Waals surface area contributed by atoms with Gasteiger partial charge in [-0.2, -0.15) is 4.98 Å². The van der Waals surface area contributed by atoms with Crippen LogP contribution in [0.15, 0.2) is 28.9 Å². The topological polar surface area (TPSA) is 85.1 Å². The molecule has 0 unspecified atom stereocenters. The molecular weight excluding hydrogens is 334 g/mol. The van der Waals surface area contributed by atoms with Crippen molar-refractivity contribution in [2.45, 2.75) is 0 Å². The molecule has 4 N–H and O–H groups in total. The second kappa shape index (κ2) is 6.05. The van der Waals surface area contributed by atoms with Crippen molar-refractivity contribution < 1.29 is 4.74 Å². The van der Waals surface area contributed by atoms with E-state index < -0.39 is 0 Å². The smallest absolute Gasteiger partial charge is 0.239 e. The van der Waals surface area contributed by atoms with Crippen LogP contribution in [0, 0.1) is 0 Å². The van der Waals surface area contributed by atoms with Gasteiger partial charge in [0.05, 0.1) is 16.6 Å². The van der Waals surface area contributed by atoms with Crippen molar-refractivity contribution in [2.24, 2.45) is 5.84 Å². The summed E-state index contributed by atoms with van der Waals surface area (Å²) in [6, 6.07) is 5.33. The Labute approximate surface area is 123 Å². The van der Waals surface area contributed by atoms with E-state index in [4.69, 9.17) is 22.2 Å². The number of anilines is 3. The third-order valence-corrected chi connectivity index (χ3v) is 3.16. The average Bonchev–Trinajstić information content (AvgIpc) is 2.41. The molecule has 0 aliphatic heterocycles. The summed E-state index contributed by atoms with van der Waals surface area (Å²) in [5.74, 6) is 6.76. The number of benzene rings is 1. The number of aromatic nitrogens is 2. The van der Waals surface area contributed by atoms with Crippen molar-refractivity contribution in [3.63, 3.8) is 0 Å². The van der Waals surface area contributed by atoms with Gasteiger partial charge >= 0.3 is 0 Å². The summed E-state index contributed by atoms with van der Waals surface area (Å²) in [4.78, 5) is 8.14. The quantitative estimate of drug-likeness (QED) is 0.584. The van der Waals surface area contributed by atoms with Crippen LogP contribution in [0.2, 0.25) is 5.02 Å². The monoisotopic (exact) mass is 343 g/mol. The van der Waals surface area contributed by atoms with E-state index in [2.05, 4.69) is 36.6 Å². The van der Waals surface area contributed by atoms with Gasteiger partial charge in [-0.25, -0.2) is 10.8 Å². The van der Waals surface area contributed by atoms with Crippen LogP contribution in [0.3, 0.4) is 0 Å². The van der Waals surface area contributed by atoms with Crippen LogP contribution in [0.1, 0.15) is 0 Å². The first kappa shape index (κ1) is 13.9.